The normalized spacial score (nSPS) is 24.7. The second-order valence-electron chi connectivity index (χ2n) is 4.90. The van der Waals surface area contributed by atoms with Crippen LogP contribution in [0.1, 0.15) is 39.0 Å². The summed E-state index contributed by atoms with van der Waals surface area (Å²) >= 11 is 0. The van der Waals surface area contributed by atoms with E-state index in [4.69, 9.17) is 9.47 Å². The van der Waals surface area contributed by atoms with Crippen molar-refractivity contribution in [1.82, 2.24) is 9.44 Å². The van der Waals surface area contributed by atoms with E-state index in [1.807, 2.05) is 6.92 Å². The van der Waals surface area contributed by atoms with Crippen molar-refractivity contribution in [3.05, 3.63) is 0 Å². The van der Waals surface area contributed by atoms with Gasteiger partial charge in [-0.25, -0.2) is 4.72 Å². The molecular formula is C11H22N2O4S. The molecule has 2 rings (SSSR count). The number of rotatable bonds is 5. The molecule has 1 saturated heterocycles. The van der Waals surface area contributed by atoms with E-state index >= 15 is 0 Å². The lowest BCUT2D eigenvalue weighted by molar-refractivity contribution is -0.178. The van der Waals surface area contributed by atoms with Crippen LogP contribution < -0.4 is 9.44 Å². The Morgan fingerprint density at radius 3 is 2.39 bits per heavy atom. The van der Waals surface area contributed by atoms with Crippen LogP contribution in [0.15, 0.2) is 0 Å². The van der Waals surface area contributed by atoms with Crippen LogP contribution in [-0.2, 0) is 19.7 Å². The fraction of sp³-hybridized carbons (Fsp3) is 1.00. The van der Waals surface area contributed by atoms with Gasteiger partial charge in [0.2, 0.25) is 0 Å². The van der Waals surface area contributed by atoms with Gasteiger partial charge < -0.3 is 9.47 Å². The van der Waals surface area contributed by atoms with Gasteiger partial charge in [-0.1, -0.05) is 6.92 Å². The first-order valence-corrected chi connectivity index (χ1v) is 8.08. The van der Waals surface area contributed by atoms with Crippen molar-refractivity contribution in [3.63, 3.8) is 0 Å². The van der Waals surface area contributed by atoms with E-state index in [1.165, 1.54) is 0 Å². The topological polar surface area (TPSA) is 76.7 Å². The van der Waals surface area contributed by atoms with Crippen molar-refractivity contribution in [1.29, 1.82) is 0 Å². The number of hydrogen-bond acceptors (Lipinski definition) is 4. The van der Waals surface area contributed by atoms with Crippen LogP contribution in [0, 0.1) is 0 Å². The highest BCUT2D eigenvalue weighted by molar-refractivity contribution is 7.87. The van der Waals surface area contributed by atoms with Crippen molar-refractivity contribution in [3.8, 4) is 0 Å². The van der Waals surface area contributed by atoms with Crippen molar-refractivity contribution in [2.45, 2.75) is 50.9 Å². The molecule has 2 N–H and O–H groups in total. The van der Waals surface area contributed by atoms with Gasteiger partial charge in [0.1, 0.15) is 0 Å². The number of hydrogen-bond donors (Lipinski definition) is 2. The maximum Gasteiger partial charge on any atom is 0.277 e. The summed E-state index contributed by atoms with van der Waals surface area (Å²) in [5.41, 5.74) is 0. The molecule has 0 bridgehead atoms. The highest BCUT2D eigenvalue weighted by Gasteiger charge is 2.40. The zero-order chi connectivity index (χ0) is 13.1. The van der Waals surface area contributed by atoms with E-state index < -0.39 is 16.0 Å². The maximum atomic E-state index is 11.7. The highest BCUT2D eigenvalue weighted by Crippen LogP contribution is 2.35. The van der Waals surface area contributed by atoms with Gasteiger partial charge in [-0.3, -0.25) is 0 Å². The van der Waals surface area contributed by atoms with E-state index in [9.17, 15) is 8.42 Å². The molecule has 1 aliphatic heterocycles. The Kier molecular flexibility index (Phi) is 4.60. The van der Waals surface area contributed by atoms with Gasteiger partial charge in [0.25, 0.3) is 10.2 Å². The number of nitrogens with one attached hydrogen (secondary N) is 2. The third-order valence-corrected chi connectivity index (χ3v) is 4.65. The maximum absolute atomic E-state index is 11.7. The molecule has 1 saturated carbocycles. The van der Waals surface area contributed by atoms with Crippen LogP contribution in [0.5, 0.6) is 0 Å². The zero-order valence-corrected chi connectivity index (χ0v) is 11.6. The Balaban J connectivity index is 1.79. The lowest BCUT2D eigenvalue weighted by Gasteiger charge is -2.35. The average Bonchev–Trinajstić information content (AvgIpc) is 2.79. The summed E-state index contributed by atoms with van der Waals surface area (Å²) in [5, 5.41) is 0. The Morgan fingerprint density at radius 2 is 1.83 bits per heavy atom. The Morgan fingerprint density at radius 1 is 1.22 bits per heavy atom. The minimum atomic E-state index is -3.36. The molecule has 7 heteroatoms. The lowest BCUT2D eigenvalue weighted by Crippen LogP contribution is -2.47. The monoisotopic (exact) mass is 278 g/mol. The minimum Gasteiger partial charge on any atom is -0.348 e. The van der Waals surface area contributed by atoms with Crippen molar-refractivity contribution < 1.29 is 17.9 Å². The Bertz CT molecular complexity index is 355. The standard InChI is InChI=1S/C11H22N2O4S/c1-2-7-12-18(14,15)13-10-3-5-11(6-4-10)16-8-9-17-11/h10,12-13H,2-9H2,1H3. The van der Waals surface area contributed by atoms with Gasteiger partial charge in [0.05, 0.1) is 13.2 Å². The lowest BCUT2D eigenvalue weighted by atomic mass is 9.91. The number of ether oxygens (including phenoxy) is 2. The summed E-state index contributed by atoms with van der Waals surface area (Å²) in [6.45, 7) is 3.70. The summed E-state index contributed by atoms with van der Waals surface area (Å²) in [7, 11) is -3.36. The summed E-state index contributed by atoms with van der Waals surface area (Å²) in [6.07, 6.45) is 3.82. The molecule has 1 heterocycles. The first kappa shape index (κ1) is 14.2. The smallest absolute Gasteiger partial charge is 0.277 e. The Labute approximate surface area is 109 Å². The minimum absolute atomic E-state index is 0.0159. The predicted octanol–water partition coefficient (Wildman–Crippen LogP) is 0.506. The zero-order valence-electron chi connectivity index (χ0n) is 10.8. The fourth-order valence-electron chi connectivity index (χ4n) is 2.46. The van der Waals surface area contributed by atoms with Crippen LogP contribution >= 0.6 is 0 Å². The van der Waals surface area contributed by atoms with Gasteiger partial charge in [-0.05, 0) is 19.3 Å². The summed E-state index contributed by atoms with van der Waals surface area (Å²) in [4.78, 5) is 0. The van der Waals surface area contributed by atoms with Gasteiger partial charge in [0, 0.05) is 25.4 Å². The molecule has 18 heavy (non-hydrogen) atoms. The van der Waals surface area contributed by atoms with Gasteiger partial charge in [-0.15, -0.1) is 0 Å². The molecule has 106 valence electrons. The van der Waals surface area contributed by atoms with E-state index in [-0.39, 0.29) is 6.04 Å². The molecular weight excluding hydrogens is 256 g/mol. The van der Waals surface area contributed by atoms with Crippen LogP contribution in [0.4, 0.5) is 0 Å². The van der Waals surface area contributed by atoms with Crippen LogP contribution in [0.3, 0.4) is 0 Å². The van der Waals surface area contributed by atoms with E-state index in [0.29, 0.717) is 19.8 Å². The quantitative estimate of drug-likeness (QED) is 0.768. The molecule has 0 aromatic carbocycles. The fourth-order valence-corrected chi connectivity index (χ4v) is 3.69. The molecule has 6 nitrogen and oxygen atoms in total. The second-order valence-corrected chi connectivity index (χ2v) is 6.43. The molecule has 1 spiro atoms. The molecule has 0 aromatic rings. The molecule has 2 aliphatic rings. The molecule has 1 aliphatic carbocycles. The van der Waals surface area contributed by atoms with E-state index in [0.717, 1.165) is 32.1 Å². The highest BCUT2D eigenvalue weighted by atomic mass is 32.2. The third kappa shape index (κ3) is 3.64. The third-order valence-electron chi connectivity index (χ3n) is 3.42. The summed E-state index contributed by atoms with van der Waals surface area (Å²) in [6, 6.07) is -0.0159. The van der Waals surface area contributed by atoms with Gasteiger partial charge in [-0.2, -0.15) is 13.1 Å². The predicted molar refractivity (Wildman–Crippen MR) is 67.2 cm³/mol. The first-order valence-electron chi connectivity index (χ1n) is 6.60. The molecule has 0 amide bonds. The molecule has 0 aromatic heterocycles. The van der Waals surface area contributed by atoms with E-state index in [1.54, 1.807) is 0 Å². The van der Waals surface area contributed by atoms with Crippen LogP contribution in [-0.4, -0.2) is 40.0 Å². The second kappa shape index (κ2) is 5.83. The summed E-state index contributed by atoms with van der Waals surface area (Å²) in [5.74, 6) is -0.432. The van der Waals surface area contributed by atoms with Gasteiger partial charge >= 0.3 is 0 Å². The summed E-state index contributed by atoms with van der Waals surface area (Å²) < 4.78 is 39.8. The Hall–Kier alpha value is -0.210. The van der Waals surface area contributed by atoms with Gasteiger partial charge in [0.15, 0.2) is 5.79 Å². The molecule has 0 unspecified atom stereocenters. The van der Waals surface area contributed by atoms with Crippen LogP contribution in [0.25, 0.3) is 0 Å². The molecule has 2 fully saturated rings. The molecule has 0 atom stereocenters. The SMILES string of the molecule is CCCNS(=O)(=O)NC1CCC2(CC1)OCCO2. The average molecular weight is 278 g/mol. The van der Waals surface area contributed by atoms with E-state index in [2.05, 4.69) is 9.44 Å². The van der Waals surface area contributed by atoms with Crippen molar-refractivity contribution in [2.75, 3.05) is 19.8 Å². The largest absolute Gasteiger partial charge is 0.348 e. The van der Waals surface area contributed by atoms with Crippen molar-refractivity contribution >= 4 is 10.2 Å². The van der Waals surface area contributed by atoms with Crippen molar-refractivity contribution in [2.24, 2.45) is 0 Å². The first-order chi connectivity index (χ1) is 8.55. The van der Waals surface area contributed by atoms with Crippen LogP contribution in [0.2, 0.25) is 0 Å². The molecule has 0 radical (unpaired) electrons.